The Kier molecular flexibility index (Phi) is 7.62. The van der Waals surface area contributed by atoms with E-state index in [4.69, 9.17) is 14.2 Å². The summed E-state index contributed by atoms with van der Waals surface area (Å²) in [5.74, 6) is 1.97. The van der Waals surface area contributed by atoms with E-state index in [0.717, 1.165) is 39.1 Å². The van der Waals surface area contributed by atoms with Crippen molar-refractivity contribution in [3.8, 4) is 0 Å². The maximum absolute atomic E-state index is 12.5. The number of nitrogens with zero attached hydrogens (tertiary/aromatic N) is 1. The van der Waals surface area contributed by atoms with Gasteiger partial charge in [-0.2, -0.15) is 0 Å². The van der Waals surface area contributed by atoms with E-state index in [0.29, 0.717) is 34.5 Å². The Morgan fingerprint density at radius 2 is 1.70 bits per heavy atom. The first kappa shape index (κ1) is 32.3. The smallest absolute Gasteiger partial charge is 0.170 e. The van der Waals surface area contributed by atoms with E-state index >= 15 is 0 Å². The van der Waals surface area contributed by atoms with Crippen molar-refractivity contribution < 1.29 is 24.4 Å². The first-order chi connectivity index (χ1) is 20.6. The Bertz CT molecular complexity index is 1100. The molecule has 252 valence electrons. The molecule has 0 amide bonds. The van der Waals surface area contributed by atoms with Gasteiger partial charge in [0, 0.05) is 18.5 Å². The lowest BCUT2D eigenvalue weighted by Gasteiger charge is -2.64. The van der Waals surface area contributed by atoms with Crippen LogP contribution in [0.25, 0.3) is 0 Å². The average Bonchev–Trinajstić information content (AvgIpc) is 3.59. The van der Waals surface area contributed by atoms with Crippen LogP contribution in [0.4, 0.5) is 0 Å². The quantitative estimate of drug-likeness (QED) is 0.361. The van der Waals surface area contributed by atoms with E-state index in [2.05, 4.69) is 67.2 Å². The molecule has 0 aromatic heterocycles. The van der Waals surface area contributed by atoms with Crippen molar-refractivity contribution in [1.82, 2.24) is 4.90 Å². The van der Waals surface area contributed by atoms with Crippen LogP contribution in [0.2, 0.25) is 0 Å². The van der Waals surface area contributed by atoms with Gasteiger partial charge in [-0.1, -0.05) is 62.3 Å². The Labute approximate surface area is 268 Å². The van der Waals surface area contributed by atoms with Gasteiger partial charge in [-0.3, -0.25) is 4.90 Å². The predicted octanol–water partition coefficient (Wildman–Crippen LogP) is 6.66. The van der Waals surface area contributed by atoms with Crippen LogP contribution in [0.15, 0.2) is 0 Å². The molecule has 2 N–H and O–H groups in total. The molecule has 2 spiro atoms. The molecule has 7 rings (SSSR count). The number of aliphatic hydroxyl groups is 2. The van der Waals surface area contributed by atoms with Crippen molar-refractivity contribution in [3.63, 3.8) is 0 Å². The molecule has 14 atom stereocenters. The highest BCUT2D eigenvalue weighted by atomic mass is 16.7. The lowest BCUT2D eigenvalue weighted by Crippen LogP contribution is -2.60. The summed E-state index contributed by atoms with van der Waals surface area (Å²) in [6.45, 7) is 24.8. The second kappa shape index (κ2) is 10.4. The fraction of sp³-hybridized carbons (Fsp3) is 1.00. The van der Waals surface area contributed by atoms with Crippen LogP contribution in [-0.2, 0) is 14.2 Å². The number of hydrogen-bond acceptors (Lipinski definition) is 6. The standard InChI is InChI=1S/C38H65NO5/c1-10-17-39-18-19-42-28(21-39)44-27-13-14-37-22-38(37)16-15-35(8)29-23(2)20-24(31(40)33(3,4)5)43-30(29)32(41)36(35,9)26(38)12-11-25(37)34(27,6)7/h23-32,40-41H,10-22H2,1-9H3/t23-,24?,25+,26?,27?,28+,29+,30?,31+,32+,35-,36-,37-,38+/m1/s1. The third kappa shape index (κ3) is 4.18. The first-order valence-corrected chi connectivity index (χ1v) is 18.6. The van der Waals surface area contributed by atoms with Gasteiger partial charge < -0.3 is 24.4 Å². The van der Waals surface area contributed by atoms with E-state index in [9.17, 15) is 10.2 Å². The monoisotopic (exact) mass is 615 g/mol. The van der Waals surface area contributed by atoms with Gasteiger partial charge in [-0.05, 0) is 115 Å². The van der Waals surface area contributed by atoms with Crippen molar-refractivity contribution in [2.45, 2.75) is 157 Å². The SMILES string of the molecule is CCCN1CCO[C@@H](OC2CC[C@]34C[C@]35CC[C@]3(C)[C@@H]6C(OC([C@H](O)C(C)(C)C)C[C@H]6C)[C@H](O)[C@@]3(C)C5CC[C@H]4C2(C)C)C1. The summed E-state index contributed by atoms with van der Waals surface area (Å²) in [5, 5.41) is 23.7. The number of aliphatic hydroxyl groups excluding tert-OH is 2. The van der Waals surface area contributed by atoms with Gasteiger partial charge in [-0.25, -0.2) is 0 Å². The molecule has 6 heteroatoms. The molecule has 0 aromatic carbocycles. The summed E-state index contributed by atoms with van der Waals surface area (Å²) < 4.78 is 19.9. The molecule has 6 nitrogen and oxygen atoms in total. The molecule has 2 heterocycles. The van der Waals surface area contributed by atoms with Crippen LogP contribution >= 0.6 is 0 Å². The van der Waals surface area contributed by atoms with Crippen molar-refractivity contribution in [3.05, 3.63) is 0 Å². The molecule has 2 aliphatic heterocycles. The van der Waals surface area contributed by atoms with Crippen molar-refractivity contribution >= 4 is 0 Å². The van der Waals surface area contributed by atoms with Crippen molar-refractivity contribution in [2.24, 2.45) is 56.2 Å². The third-order valence-electron chi connectivity index (χ3n) is 16.0. The molecule has 5 saturated carbocycles. The van der Waals surface area contributed by atoms with Gasteiger partial charge in [0.1, 0.15) is 0 Å². The third-order valence-corrected chi connectivity index (χ3v) is 16.0. The number of fused-ring (bicyclic) bond motifs is 4. The minimum Gasteiger partial charge on any atom is -0.390 e. The van der Waals surface area contributed by atoms with Crippen LogP contribution in [0.5, 0.6) is 0 Å². The van der Waals surface area contributed by atoms with E-state index in [1.807, 2.05) is 0 Å². The predicted molar refractivity (Wildman–Crippen MR) is 173 cm³/mol. The zero-order valence-corrected chi connectivity index (χ0v) is 29.5. The molecular formula is C38H65NO5. The Balaban J connectivity index is 1.13. The zero-order valence-electron chi connectivity index (χ0n) is 29.5. The van der Waals surface area contributed by atoms with Gasteiger partial charge in [0.05, 0.1) is 37.1 Å². The number of hydrogen-bond donors (Lipinski definition) is 2. The minimum absolute atomic E-state index is 0.0548. The molecule has 0 radical (unpaired) electrons. The minimum atomic E-state index is -0.525. The summed E-state index contributed by atoms with van der Waals surface area (Å²) in [4.78, 5) is 2.51. The van der Waals surface area contributed by atoms with Gasteiger partial charge in [0.15, 0.2) is 6.29 Å². The Hall–Kier alpha value is -0.240. The summed E-state index contributed by atoms with van der Waals surface area (Å²) in [7, 11) is 0. The first-order valence-electron chi connectivity index (χ1n) is 18.6. The molecular weight excluding hydrogens is 550 g/mol. The van der Waals surface area contributed by atoms with Crippen LogP contribution in [0.1, 0.15) is 120 Å². The fourth-order valence-electron chi connectivity index (χ4n) is 13.8. The van der Waals surface area contributed by atoms with Gasteiger partial charge in [0.25, 0.3) is 0 Å². The molecule has 0 bridgehead atoms. The number of ether oxygens (including phenoxy) is 3. The topological polar surface area (TPSA) is 71.4 Å². The molecule has 7 aliphatic rings. The van der Waals surface area contributed by atoms with E-state index in [1.54, 1.807) is 0 Å². The number of rotatable bonds is 5. The summed E-state index contributed by atoms with van der Waals surface area (Å²) in [6, 6.07) is 0. The molecule has 4 unspecified atom stereocenters. The molecule has 2 saturated heterocycles. The van der Waals surface area contributed by atoms with Crippen LogP contribution in [0.3, 0.4) is 0 Å². The molecule has 5 aliphatic carbocycles. The lowest BCUT2D eigenvalue weighted by molar-refractivity contribution is -0.248. The summed E-state index contributed by atoms with van der Waals surface area (Å²) >= 11 is 0. The highest BCUT2D eigenvalue weighted by Crippen LogP contribution is 2.89. The van der Waals surface area contributed by atoms with E-state index < -0.39 is 12.2 Å². The fourth-order valence-corrected chi connectivity index (χ4v) is 13.8. The average molecular weight is 616 g/mol. The largest absolute Gasteiger partial charge is 0.390 e. The second-order valence-electron chi connectivity index (χ2n) is 19.1. The maximum Gasteiger partial charge on any atom is 0.170 e. The highest BCUT2D eigenvalue weighted by Gasteiger charge is 2.84. The molecule has 7 fully saturated rings. The zero-order chi connectivity index (χ0) is 31.7. The summed E-state index contributed by atoms with van der Waals surface area (Å²) in [5.41, 5.74) is 0.489. The molecule has 44 heavy (non-hydrogen) atoms. The van der Waals surface area contributed by atoms with E-state index in [1.165, 1.54) is 44.9 Å². The molecule has 0 aromatic rings. The van der Waals surface area contributed by atoms with E-state index in [-0.39, 0.29) is 46.3 Å². The maximum atomic E-state index is 12.5. The van der Waals surface area contributed by atoms with Crippen molar-refractivity contribution in [2.75, 3.05) is 26.2 Å². The van der Waals surface area contributed by atoms with Crippen LogP contribution in [0, 0.1) is 56.2 Å². The Morgan fingerprint density at radius 1 is 1.00 bits per heavy atom. The number of morpholine rings is 1. The van der Waals surface area contributed by atoms with Crippen LogP contribution < -0.4 is 0 Å². The Morgan fingerprint density at radius 3 is 2.41 bits per heavy atom. The van der Waals surface area contributed by atoms with Gasteiger partial charge in [0.2, 0.25) is 0 Å². The lowest BCUT2D eigenvalue weighted by atomic mass is 9.41. The van der Waals surface area contributed by atoms with Crippen LogP contribution in [-0.4, -0.2) is 78.2 Å². The highest BCUT2D eigenvalue weighted by molar-refractivity contribution is 5.33. The van der Waals surface area contributed by atoms with Gasteiger partial charge >= 0.3 is 0 Å². The van der Waals surface area contributed by atoms with Gasteiger partial charge in [-0.15, -0.1) is 0 Å². The second-order valence-corrected chi connectivity index (χ2v) is 19.1. The normalized spacial score (nSPS) is 53.9. The van der Waals surface area contributed by atoms with Crippen molar-refractivity contribution in [1.29, 1.82) is 0 Å². The summed E-state index contributed by atoms with van der Waals surface area (Å²) in [6.07, 6.45) is 9.47.